The van der Waals surface area contributed by atoms with Crippen LogP contribution < -0.4 is 19.5 Å². The van der Waals surface area contributed by atoms with Crippen molar-refractivity contribution in [3.8, 4) is 17.2 Å². The topological polar surface area (TPSA) is 39.7 Å². The average molecular weight is 457 g/mol. The van der Waals surface area contributed by atoms with Crippen molar-refractivity contribution in [2.24, 2.45) is 0 Å². The lowest BCUT2D eigenvalue weighted by Crippen LogP contribution is -2.13. The van der Waals surface area contributed by atoms with Crippen LogP contribution in [0, 0.1) is 0 Å². The zero-order chi connectivity index (χ0) is 17.1. The first-order chi connectivity index (χ1) is 11.5. The maximum atomic E-state index is 5.81. The minimum Gasteiger partial charge on any atom is -0.489 e. The summed E-state index contributed by atoms with van der Waals surface area (Å²) < 4.78 is 18.4. The zero-order valence-electron chi connectivity index (χ0n) is 13.6. The Morgan fingerprint density at radius 3 is 2.38 bits per heavy atom. The van der Waals surface area contributed by atoms with Crippen molar-refractivity contribution in [3.63, 3.8) is 0 Å². The van der Waals surface area contributed by atoms with Gasteiger partial charge in [-0.2, -0.15) is 0 Å². The highest BCUT2D eigenvalue weighted by atomic mass is 79.9. The zero-order valence-corrected chi connectivity index (χ0v) is 16.7. The fourth-order valence-corrected chi connectivity index (χ4v) is 3.93. The van der Waals surface area contributed by atoms with Gasteiger partial charge in [-0.25, -0.2) is 0 Å². The summed E-state index contributed by atoms with van der Waals surface area (Å²) in [6.07, 6.45) is 0.132. The van der Waals surface area contributed by atoms with E-state index in [1.54, 1.807) is 0 Å². The molecule has 128 valence electrons. The SMILES string of the molecule is CC(C)Oc1c(Br)cc(CNCc2ccc3c(c2)OCO3)cc1Br. The van der Waals surface area contributed by atoms with Gasteiger partial charge in [0, 0.05) is 13.1 Å². The van der Waals surface area contributed by atoms with E-state index in [1.807, 2.05) is 32.0 Å². The van der Waals surface area contributed by atoms with Crippen LogP contribution in [0.4, 0.5) is 0 Å². The molecule has 0 aliphatic carbocycles. The highest BCUT2D eigenvalue weighted by molar-refractivity contribution is 9.11. The fraction of sp³-hybridized carbons (Fsp3) is 0.333. The van der Waals surface area contributed by atoms with E-state index in [0.29, 0.717) is 6.79 Å². The van der Waals surface area contributed by atoms with Gasteiger partial charge in [0.05, 0.1) is 15.0 Å². The van der Waals surface area contributed by atoms with Gasteiger partial charge in [-0.05, 0) is 81.1 Å². The standard InChI is InChI=1S/C18H19Br2NO3/c1-11(2)24-18-14(19)5-13(6-15(18)20)9-21-8-12-3-4-16-17(7-12)23-10-22-16/h3-7,11,21H,8-10H2,1-2H3. The smallest absolute Gasteiger partial charge is 0.231 e. The summed E-state index contributed by atoms with van der Waals surface area (Å²) in [5.41, 5.74) is 2.34. The summed E-state index contributed by atoms with van der Waals surface area (Å²) in [7, 11) is 0. The molecule has 2 aromatic carbocycles. The maximum Gasteiger partial charge on any atom is 0.231 e. The Morgan fingerprint density at radius 1 is 1.00 bits per heavy atom. The third-order valence-corrected chi connectivity index (χ3v) is 4.68. The lowest BCUT2D eigenvalue weighted by Gasteiger charge is -2.15. The van der Waals surface area contributed by atoms with Crippen LogP contribution in [0.3, 0.4) is 0 Å². The lowest BCUT2D eigenvalue weighted by molar-refractivity contribution is 0.174. The molecule has 0 unspecified atom stereocenters. The number of hydrogen-bond acceptors (Lipinski definition) is 4. The second kappa shape index (κ2) is 7.76. The molecule has 0 aromatic heterocycles. The van der Waals surface area contributed by atoms with Crippen LogP contribution in [-0.2, 0) is 13.1 Å². The number of hydrogen-bond donors (Lipinski definition) is 1. The van der Waals surface area contributed by atoms with Gasteiger partial charge >= 0.3 is 0 Å². The van der Waals surface area contributed by atoms with Crippen LogP contribution in [0.2, 0.25) is 0 Å². The summed E-state index contributed by atoms with van der Waals surface area (Å²) in [5, 5.41) is 3.44. The number of ether oxygens (including phenoxy) is 3. The molecule has 1 aliphatic heterocycles. The number of halogens is 2. The molecule has 0 amide bonds. The highest BCUT2D eigenvalue weighted by Gasteiger charge is 2.13. The van der Waals surface area contributed by atoms with Crippen molar-refractivity contribution in [2.45, 2.75) is 33.0 Å². The van der Waals surface area contributed by atoms with Gasteiger partial charge in [0.25, 0.3) is 0 Å². The first-order valence-corrected chi connectivity index (χ1v) is 9.35. The van der Waals surface area contributed by atoms with Crippen LogP contribution >= 0.6 is 31.9 Å². The van der Waals surface area contributed by atoms with E-state index >= 15 is 0 Å². The van der Waals surface area contributed by atoms with Gasteiger partial charge in [-0.15, -0.1) is 0 Å². The molecule has 4 nitrogen and oxygen atoms in total. The van der Waals surface area contributed by atoms with E-state index in [2.05, 4.69) is 49.3 Å². The van der Waals surface area contributed by atoms with E-state index < -0.39 is 0 Å². The van der Waals surface area contributed by atoms with Crippen molar-refractivity contribution >= 4 is 31.9 Å². The number of nitrogens with one attached hydrogen (secondary N) is 1. The Morgan fingerprint density at radius 2 is 1.67 bits per heavy atom. The molecule has 0 spiro atoms. The van der Waals surface area contributed by atoms with Crippen molar-refractivity contribution in [2.75, 3.05) is 6.79 Å². The van der Waals surface area contributed by atoms with Crippen LogP contribution in [-0.4, -0.2) is 12.9 Å². The molecule has 0 radical (unpaired) electrons. The predicted octanol–water partition coefficient (Wildman–Crippen LogP) is 5.02. The summed E-state index contributed by atoms with van der Waals surface area (Å²) in [4.78, 5) is 0. The molecule has 0 saturated carbocycles. The van der Waals surface area contributed by atoms with Crippen molar-refractivity contribution in [1.82, 2.24) is 5.32 Å². The molecule has 0 bridgehead atoms. The molecule has 6 heteroatoms. The molecule has 1 N–H and O–H groups in total. The Hall–Kier alpha value is -1.24. The monoisotopic (exact) mass is 455 g/mol. The number of rotatable bonds is 6. The summed E-state index contributed by atoms with van der Waals surface area (Å²) >= 11 is 7.17. The Bertz CT molecular complexity index is 711. The van der Waals surface area contributed by atoms with Crippen LogP contribution in [0.25, 0.3) is 0 Å². The molecule has 0 atom stereocenters. The third kappa shape index (κ3) is 4.23. The second-order valence-electron chi connectivity index (χ2n) is 5.85. The van der Waals surface area contributed by atoms with E-state index in [4.69, 9.17) is 14.2 Å². The summed E-state index contributed by atoms with van der Waals surface area (Å²) in [6, 6.07) is 10.2. The van der Waals surface area contributed by atoms with Gasteiger partial charge in [0.2, 0.25) is 6.79 Å². The predicted molar refractivity (Wildman–Crippen MR) is 101 cm³/mol. The van der Waals surface area contributed by atoms with Gasteiger partial charge in [-0.3, -0.25) is 0 Å². The molecular formula is C18H19Br2NO3. The van der Waals surface area contributed by atoms with E-state index in [-0.39, 0.29) is 6.10 Å². The number of benzene rings is 2. The van der Waals surface area contributed by atoms with Crippen LogP contribution in [0.5, 0.6) is 17.2 Å². The molecule has 24 heavy (non-hydrogen) atoms. The Labute approximate surface area is 158 Å². The first-order valence-electron chi connectivity index (χ1n) is 7.77. The van der Waals surface area contributed by atoms with Gasteiger partial charge in [-0.1, -0.05) is 6.07 Å². The minimum absolute atomic E-state index is 0.132. The highest BCUT2D eigenvalue weighted by Crippen LogP contribution is 2.35. The molecule has 0 saturated heterocycles. The maximum absolute atomic E-state index is 5.81. The number of fused-ring (bicyclic) bond motifs is 1. The van der Waals surface area contributed by atoms with Crippen LogP contribution in [0.1, 0.15) is 25.0 Å². The van der Waals surface area contributed by atoms with Gasteiger partial charge in [0.15, 0.2) is 11.5 Å². The molecule has 1 heterocycles. The molecule has 3 rings (SSSR count). The minimum atomic E-state index is 0.132. The molecular weight excluding hydrogens is 438 g/mol. The van der Waals surface area contributed by atoms with Gasteiger partial charge in [0.1, 0.15) is 5.75 Å². The van der Waals surface area contributed by atoms with Gasteiger partial charge < -0.3 is 19.5 Å². The lowest BCUT2D eigenvalue weighted by atomic mass is 10.2. The third-order valence-electron chi connectivity index (χ3n) is 3.51. The van der Waals surface area contributed by atoms with Crippen molar-refractivity contribution in [1.29, 1.82) is 0 Å². The largest absolute Gasteiger partial charge is 0.489 e. The van der Waals surface area contributed by atoms with E-state index in [9.17, 15) is 0 Å². The van der Waals surface area contributed by atoms with Crippen molar-refractivity contribution < 1.29 is 14.2 Å². The normalized spacial score (nSPS) is 12.7. The van der Waals surface area contributed by atoms with Crippen LogP contribution in [0.15, 0.2) is 39.3 Å². The Kier molecular flexibility index (Phi) is 5.69. The quantitative estimate of drug-likeness (QED) is 0.662. The molecule has 2 aromatic rings. The first kappa shape index (κ1) is 17.6. The Balaban J connectivity index is 1.60. The summed E-state index contributed by atoms with van der Waals surface area (Å²) in [5.74, 6) is 2.46. The van der Waals surface area contributed by atoms with E-state index in [1.165, 1.54) is 5.56 Å². The second-order valence-corrected chi connectivity index (χ2v) is 7.56. The molecule has 1 aliphatic rings. The molecule has 0 fully saturated rings. The summed E-state index contributed by atoms with van der Waals surface area (Å²) in [6.45, 7) is 5.85. The van der Waals surface area contributed by atoms with Crippen molar-refractivity contribution in [3.05, 3.63) is 50.4 Å². The fourth-order valence-electron chi connectivity index (χ4n) is 2.46. The van der Waals surface area contributed by atoms with E-state index in [0.717, 1.165) is 44.8 Å². The average Bonchev–Trinajstić information content (AvgIpc) is 2.98.